The summed E-state index contributed by atoms with van der Waals surface area (Å²) in [5.41, 5.74) is 0.0743. The zero-order chi connectivity index (χ0) is 11.0. The van der Waals surface area contributed by atoms with Crippen molar-refractivity contribution in [3.8, 4) is 0 Å². The lowest BCUT2D eigenvalue weighted by Crippen LogP contribution is -2.31. The van der Waals surface area contributed by atoms with Gasteiger partial charge < -0.3 is 15.2 Å². The summed E-state index contributed by atoms with van der Waals surface area (Å²) in [6.45, 7) is 5.78. The zero-order valence-corrected chi connectivity index (χ0v) is 9.30. The van der Waals surface area contributed by atoms with Crippen LogP contribution in [0.25, 0.3) is 0 Å². The van der Waals surface area contributed by atoms with Gasteiger partial charge in [0.25, 0.3) is 0 Å². The maximum atomic E-state index is 10.8. The SMILES string of the molecule is COC(=O)CCNCC(C)(C)CCO. The van der Waals surface area contributed by atoms with Gasteiger partial charge in [0.2, 0.25) is 0 Å². The number of rotatable bonds is 7. The standard InChI is InChI=1S/C10H21NO3/c1-10(2,5-7-12)8-11-6-4-9(13)14-3/h11-12H,4-8H2,1-3H3. The molecule has 0 bridgehead atoms. The summed E-state index contributed by atoms with van der Waals surface area (Å²) >= 11 is 0. The Morgan fingerprint density at radius 2 is 2.14 bits per heavy atom. The second-order valence-corrected chi connectivity index (χ2v) is 4.14. The van der Waals surface area contributed by atoms with Crippen molar-refractivity contribution in [1.82, 2.24) is 5.32 Å². The Kier molecular flexibility index (Phi) is 6.49. The summed E-state index contributed by atoms with van der Waals surface area (Å²) in [5, 5.41) is 11.9. The summed E-state index contributed by atoms with van der Waals surface area (Å²) in [5.74, 6) is -0.197. The molecule has 2 N–H and O–H groups in total. The molecule has 0 atom stereocenters. The van der Waals surface area contributed by atoms with Crippen molar-refractivity contribution in [2.45, 2.75) is 26.7 Å². The first-order valence-electron chi connectivity index (χ1n) is 4.90. The Morgan fingerprint density at radius 3 is 2.64 bits per heavy atom. The second-order valence-electron chi connectivity index (χ2n) is 4.14. The smallest absolute Gasteiger partial charge is 0.306 e. The Balaban J connectivity index is 3.48. The van der Waals surface area contributed by atoms with Crippen molar-refractivity contribution in [1.29, 1.82) is 0 Å². The third-order valence-corrected chi connectivity index (χ3v) is 2.13. The van der Waals surface area contributed by atoms with Crippen molar-refractivity contribution in [2.24, 2.45) is 5.41 Å². The van der Waals surface area contributed by atoms with Gasteiger partial charge in [0.05, 0.1) is 13.5 Å². The van der Waals surface area contributed by atoms with Crippen LogP contribution in [0.1, 0.15) is 26.7 Å². The maximum Gasteiger partial charge on any atom is 0.306 e. The molecule has 4 heteroatoms. The number of ether oxygens (including phenoxy) is 1. The van der Waals surface area contributed by atoms with Crippen molar-refractivity contribution in [3.05, 3.63) is 0 Å². The molecule has 0 fully saturated rings. The van der Waals surface area contributed by atoms with E-state index in [1.54, 1.807) is 0 Å². The Bertz CT molecular complexity index is 169. The van der Waals surface area contributed by atoms with Gasteiger partial charge in [-0.05, 0) is 11.8 Å². The number of hydrogen-bond donors (Lipinski definition) is 2. The molecule has 0 radical (unpaired) electrons. The van der Waals surface area contributed by atoms with Gasteiger partial charge in [0, 0.05) is 19.7 Å². The van der Waals surface area contributed by atoms with Crippen LogP contribution in [0.5, 0.6) is 0 Å². The molecule has 0 aliphatic heterocycles. The van der Waals surface area contributed by atoms with Crippen molar-refractivity contribution in [3.63, 3.8) is 0 Å². The van der Waals surface area contributed by atoms with E-state index >= 15 is 0 Å². The van der Waals surface area contributed by atoms with Gasteiger partial charge in [-0.15, -0.1) is 0 Å². The van der Waals surface area contributed by atoms with Crippen molar-refractivity contribution in [2.75, 3.05) is 26.8 Å². The Morgan fingerprint density at radius 1 is 1.50 bits per heavy atom. The van der Waals surface area contributed by atoms with E-state index in [-0.39, 0.29) is 18.0 Å². The van der Waals surface area contributed by atoms with E-state index < -0.39 is 0 Å². The first kappa shape index (κ1) is 13.4. The molecule has 0 aromatic rings. The van der Waals surface area contributed by atoms with E-state index in [1.165, 1.54) is 7.11 Å². The quantitative estimate of drug-likeness (QED) is 0.468. The van der Waals surface area contributed by atoms with Crippen LogP contribution < -0.4 is 5.32 Å². The van der Waals surface area contributed by atoms with Gasteiger partial charge >= 0.3 is 5.97 Å². The Hall–Kier alpha value is -0.610. The van der Waals surface area contributed by atoms with E-state index in [9.17, 15) is 4.79 Å². The van der Waals surface area contributed by atoms with Crippen molar-refractivity contribution >= 4 is 5.97 Å². The number of esters is 1. The van der Waals surface area contributed by atoms with Gasteiger partial charge in [0.15, 0.2) is 0 Å². The molecule has 0 aromatic heterocycles. The highest BCUT2D eigenvalue weighted by atomic mass is 16.5. The Labute approximate surface area is 85.6 Å². The predicted molar refractivity (Wildman–Crippen MR) is 55.0 cm³/mol. The number of carbonyl (C=O) groups excluding carboxylic acids is 1. The number of hydrogen-bond acceptors (Lipinski definition) is 4. The average Bonchev–Trinajstić information content (AvgIpc) is 2.12. The monoisotopic (exact) mass is 203 g/mol. The van der Waals surface area contributed by atoms with Gasteiger partial charge in [-0.2, -0.15) is 0 Å². The van der Waals surface area contributed by atoms with E-state index in [1.807, 2.05) is 0 Å². The first-order chi connectivity index (χ1) is 6.52. The van der Waals surface area contributed by atoms with Crippen LogP contribution in [-0.2, 0) is 9.53 Å². The minimum atomic E-state index is -0.197. The number of carbonyl (C=O) groups is 1. The molecule has 14 heavy (non-hydrogen) atoms. The van der Waals surface area contributed by atoms with Crippen LogP contribution in [0, 0.1) is 5.41 Å². The fraction of sp³-hybridized carbons (Fsp3) is 0.900. The van der Waals surface area contributed by atoms with E-state index in [0.717, 1.165) is 13.0 Å². The topological polar surface area (TPSA) is 58.6 Å². The maximum absolute atomic E-state index is 10.8. The molecule has 0 aromatic carbocycles. The third-order valence-electron chi connectivity index (χ3n) is 2.13. The van der Waals surface area contributed by atoms with Crippen LogP contribution >= 0.6 is 0 Å². The van der Waals surface area contributed by atoms with E-state index in [0.29, 0.717) is 13.0 Å². The number of methoxy groups -OCH3 is 1. The van der Waals surface area contributed by atoms with Crippen LogP contribution in [0.4, 0.5) is 0 Å². The molecule has 0 amide bonds. The zero-order valence-electron chi connectivity index (χ0n) is 9.30. The largest absolute Gasteiger partial charge is 0.469 e. The number of aliphatic hydroxyl groups is 1. The fourth-order valence-corrected chi connectivity index (χ4v) is 1.11. The molecule has 0 saturated heterocycles. The molecule has 0 spiro atoms. The normalized spacial score (nSPS) is 11.4. The van der Waals surface area contributed by atoms with Gasteiger partial charge in [-0.25, -0.2) is 0 Å². The van der Waals surface area contributed by atoms with Crippen LogP contribution in [0.3, 0.4) is 0 Å². The molecule has 84 valence electrons. The number of nitrogens with one attached hydrogen (secondary N) is 1. The summed E-state index contributed by atoms with van der Waals surface area (Å²) in [4.78, 5) is 10.8. The molecule has 0 heterocycles. The van der Waals surface area contributed by atoms with Crippen molar-refractivity contribution < 1.29 is 14.6 Å². The summed E-state index contributed by atoms with van der Waals surface area (Å²) in [7, 11) is 1.39. The predicted octanol–water partition coefficient (Wildman–Crippen LogP) is 0.548. The van der Waals surface area contributed by atoms with Gasteiger partial charge in [-0.3, -0.25) is 4.79 Å². The molecule has 0 aliphatic carbocycles. The van der Waals surface area contributed by atoms with Crippen LogP contribution in [-0.4, -0.2) is 37.9 Å². The molecule has 0 saturated carbocycles. The molecule has 0 unspecified atom stereocenters. The third kappa shape index (κ3) is 6.86. The average molecular weight is 203 g/mol. The molecule has 0 aliphatic rings. The van der Waals surface area contributed by atoms with Crippen LogP contribution in [0.2, 0.25) is 0 Å². The van der Waals surface area contributed by atoms with E-state index in [4.69, 9.17) is 5.11 Å². The number of aliphatic hydroxyl groups excluding tert-OH is 1. The minimum Gasteiger partial charge on any atom is -0.469 e. The first-order valence-corrected chi connectivity index (χ1v) is 4.90. The lowest BCUT2D eigenvalue weighted by atomic mass is 9.90. The molecular formula is C10H21NO3. The minimum absolute atomic E-state index is 0.0743. The highest BCUT2D eigenvalue weighted by molar-refractivity contribution is 5.69. The molecule has 4 nitrogen and oxygen atoms in total. The van der Waals surface area contributed by atoms with Crippen LogP contribution in [0.15, 0.2) is 0 Å². The summed E-state index contributed by atoms with van der Waals surface area (Å²) in [6, 6.07) is 0. The lowest BCUT2D eigenvalue weighted by molar-refractivity contribution is -0.140. The van der Waals surface area contributed by atoms with E-state index in [2.05, 4.69) is 23.9 Å². The lowest BCUT2D eigenvalue weighted by Gasteiger charge is -2.23. The second kappa shape index (κ2) is 6.79. The summed E-state index contributed by atoms with van der Waals surface area (Å²) < 4.78 is 4.51. The fourth-order valence-electron chi connectivity index (χ4n) is 1.11. The summed E-state index contributed by atoms with van der Waals surface area (Å²) in [6.07, 6.45) is 1.16. The van der Waals surface area contributed by atoms with Gasteiger partial charge in [-0.1, -0.05) is 13.8 Å². The molecular weight excluding hydrogens is 182 g/mol. The van der Waals surface area contributed by atoms with Gasteiger partial charge in [0.1, 0.15) is 0 Å². The highest BCUT2D eigenvalue weighted by Crippen LogP contribution is 2.17. The highest BCUT2D eigenvalue weighted by Gasteiger charge is 2.16. The molecule has 0 rings (SSSR count).